The third-order valence-electron chi connectivity index (χ3n) is 3.39. The van der Waals surface area contributed by atoms with Crippen LogP contribution in [0.4, 0.5) is 0 Å². The number of benzene rings is 1. The second-order valence-electron chi connectivity index (χ2n) is 4.76. The molecule has 0 aliphatic carbocycles. The molecule has 1 aliphatic heterocycles. The molecule has 0 bridgehead atoms. The van der Waals surface area contributed by atoms with Crippen LogP contribution in [0.5, 0.6) is 5.75 Å². The highest BCUT2D eigenvalue weighted by atomic mass is 16.5. The zero-order valence-corrected chi connectivity index (χ0v) is 11.7. The van der Waals surface area contributed by atoms with Gasteiger partial charge in [0.1, 0.15) is 12.4 Å². The topological polar surface area (TPSA) is 51.9 Å². The second-order valence-corrected chi connectivity index (χ2v) is 4.76. The van der Waals surface area contributed by atoms with Crippen LogP contribution < -0.4 is 4.74 Å². The van der Waals surface area contributed by atoms with E-state index in [-0.39, 0.29) is 12.5 Å². The van der Waals surface area contributed by atoms with Crippen molar-refractivity contribution in [2.75, 3.05) is 26.3 Å². The molecule has 1 aliphatic rings. The number of rotatable bonds is 4. The third-order valence-corrected chi connectivity index (χ3v) is 3.39. The van der Waals surface area contributed by atoms with Crippen molar-refractivity contribution in [3.05, 3.63) is 54.0 Å². The normalized spacial score (nSPS) is 15.0. The van der Waals surface area contributed by atoms with Gasteiger partial charge >= 0.3 is 0 Å². The van der Waals surface area contributed by atoms with Crippen LogP contribution in [0.25, 0.3) is 0 Å². The Morgan fingerprint density at radius 2 is 1.90 bits per heavy atom. The fourth-order valence-electron chi connectivity index (χ4n) is 2.25. The summed E-state index contributed by atoms with van der Waals surface area (Å²) < 4.78 is 16.3. The number of hydrogen-bond donors (Lipinski definition) is 0. The first kappa shape index (κ1) is 13.7. The first-order valence-electron chi connectivity index (χ1n) is 6.96. The molecule has 0 atom stereocenters. The molecule has 110 valence electrons. The molecule has 0 radical (unpaired) electrons. The summed E-state index contributed by atoms with van der Waals surface area (Å²) in [6, 6.07) is 11.2. The Balaban J connectivity index is 1.67. The summed E-state index contributed by atoms with van der Waals surface area (Å²) in [6.45, 7) is 2.63. The van der Waals surface area contributed by atoms with E-state index in [1.54, 1.807) is 11.0 Å². The first-order valence-corrected chi connectivity index (χ1v) is 6.96. The van der Waals surface area contributed by atoms with Crippen molar-refractivity contribution in [2.45, 2.75) is 6.61 Å². The zero-order valence-electron chi connectivity index (χ0n) is 11.7. The van der Waals surface area contributed by atoms with Gasteiger partial charge in [0.05, 0.1) is 25.0 Å². The van der Waals surface area contributed by atoms with Crippen molar-refractivity contribution >= 4 is 5.91 Å². The van der Waals surface area contributed by atoms with Crippen LogP contribution in [0.15, 0.2) is 47.1 Å². The first-order chi connectivity index (χ1) is 10.3. The average Bonchev–Trinajstić information content (AvgIpc) is 3.02. The van der Waals surface area contributed by atoms with E-state index in [0.29, 0.717) is 37.6 Å². The minimum absolute atomic E-state index is 0.0290. The van der Waals surface area contributed by atoms with Crippen LogP contribution in [0.2, 0.25) is 0 Å². The highest BCUT2D eigenvalue weighted by Gasteiger charge is 2.23. The molecule has 1 amide bonds. The number of morpholine rings is 1. The molecule has 0 N–H and O–H groups in total. The molecule has 1 aromatic carbocycles. The Labute approximate surface area is 123 Å². The van der Waals surface area contributed by atoms with Gasteiger partial charge < -0.3 is 18.8 Å². The van der Waals surface area contributed by atoms with Gasteiger partial charge in [-0.05, 0) is 18.2 Å². The van der Waals surface area contributed by atoms with Crippen molar-refractivity contribution in [3.63, 3.8) is 0 Å². The number of carbonyl (C=O) groups is 1. The molecule has 2 aromatic rings. The Morgan fingerprint density at radius 3 is 2.67 bits per heavy atom. The molecule has 1 fully saturated rings. The van der Waals surface area contributed by atoms with Crippen molar-refractivity contribution in [3.8, 4) is 5.75 Å². The summed E-state index contributed by atoms with van der Waals surface area (Å²) >= 11 is 0. The van der Waals surface area contributed by atoms with E-state index < -0.39 is 0 Å². The molecule has 1 aromatic heterocycles. The SMILES string of the molecule is O=C(c1ccoc1COc1ccccc1)N1CCOCC1. The number of amides is 1. The lowest BCUT2D eigenvalue weighted by molar-refractivity contribution is 0.0300. The average molecular weight is 287 g/mol. The van der Waals surface area contributed by atoms with Gasteiger partial charge in [0, 0.05) is 13.1 Å². The fraction of sp³-hybridized carbons (Fsp3) is 0.312. The standard InChI is InChI=1S/C16H17NO4/c18-16(17-7-10-19-11-8-17)14-6-9-20-15(14)12-21-13-4-2-1-3-5-13/h1-6,9H,7-8,10-12H2. The monoisotopic (exact) mass is 287 g/mol. The minimum atomic E-state index is -0.0290. The minimum Gasteiger partial charge on any atom is -0.486 e. The summed E-state index contributed by atoms with van der Waals surface area (Å²) in [6.07, 6.45) is 1.53. The number of ether oxygens (including phenoxy) is 2. The smallest absolute Gasteiger partial charge is 0.257 e. The summed E-state index contributed by atoms with van der Waals surface area (Å²) in [7, 11) is 0. The van der Waals surface area contributed by atoms with Crippen LogP contribution in [0, 0.1) is 0 Å². The van der Waals surface area contributed by atoms with Crippen LogP contribution in [-0.4, -0.2) is 37.1 Å². The van der Waals surface area contributed by atoms with Gasteiger partial charge in [-0.15, -0.1) is 0 Å². The molecular weight excluding hydrogens is 270 g/mol. The fourth-order valence-corrected chi connectivity index (χ4v) is 2.25. The van der Waals surface area contributed by atoms with Gasteiger partial charge in [-0.2, -0.15) is 0 Å². The number of furan rings is 1. The molecule has 0 saturated carbocycles. The largest absolute Gasteiger partial charge is 0.486 e. The van der Waals surface area contributed by atoms with Gasteiger partial charge in [0.2, 0.25) is 0 Å². The van der Waals surface area contributed by atoms with E-state index in [4.69, 9.17) is 13.9 Å². The van der Waals surface area contributed by atoms with Crippen molar-refractivity contribution in [2.24, 2.45) is 0 Å². The number of para-hydroxylation sites is 1. The number of carbonyl (C=O) groups excluding carboxylic acids is 1. The molecule has 0 spiro atoms. The van der Waals surface area contributed by atoms with Crippen LogP contribution in [-0.2, 0) is 11.3 Å². The Morgan fingerprint density at radius 1 is 1.14 bits per heavy atom. The molecule has 0 unspecified atom stereocenters. The lowest BCUT2D eigenvalue weighted by Crippen LogP contribution is -2.40. The van der Waals surface area contributed by atoms with Crippen LogP contribution >= 0.6 is 0 Å². The van der Waals surface area contributed by atoms with Crippen molar-refractivity contribution < 1.29 is 18.7 Å². The Kier molecular flexibility index (Phi) is 4.21. The van der Waals surface area contributed by atoms with E-state index >= 15 is 0 Å². The number of nitrogens with zero attached hydrogens (tertiary/aromatic N) is 1. The van der Waals surface area contributed by atoms with E-state index in [2.05, 4.69) is 0 Å². The predicted octanol–water partition coefficient (Wildman–Crippen LogP) is 2.33. The molecule has 2 heterocycles. The lowest BCUT2D eigenvalue weighted by Gasteiger charge is -2.26. The van der Waals surface area contributed by atoms with Gasteiger partial charge in [0.25, 0.3) is 5.91 Å². The summed E-state index contributed by atoms with van der Waals surface area (Å²) in [5.74, 6) is 1.27. The van der Waals surface area contributed by atoms with E-state index in [0.717, 1.165) is 5.75 Å². The molecule has 1 saturated heterocycles. The van der Waals surface area contributed by atoms with E-state index in [9.17, 15) is 4.79 Å². The van der Waals surface area contributed by atoms with Gasteiger partial charge in [-0.3, -0.25) is 4.79 Å². The van der Waals surface area contributed by atoms with Crippen molar-refractivity contribution in [1.29, 1.82) is 0 Å². The maximum absolute atomic E-state index is 12.4. The second kappa shape index (κ2) is 6.45. The quantitative estimate of drug-likeness (QED) is 0.866. The highest BCUT2D eigenvalue weighted by Crippen LogP contribution is 2.18. The van der Waals surface area contributed by atoms with Crippen molar-refractivity contribution in [1.82, 2.24) is 4.90 Å². The zero-order chi connectivity index (χ0) is 14.5. The van der Waals surface area contributed by atoms with E-state index in [1.807, 2.05) is 30.3 Å². The predicted molar refractivity (Wildman–Crippen MR) is 76.2 cm³/mol. The molecule has 3 rings (SSSR count). The molecule has 5 heteroatoms. The maximum atomic E-state index is 12.4. The van der Waals surface area contributed by atoms with E-state index in [1.165, 1.54) is 6.26 Å². The highest BCUT2D eigenvalue weighted by molar-refractivity contribution is 5.95. The Bertz CT molecular complexity index is 587. The maximum Gasteiger partial charge on any atom is 0.257 e. The van der Waals surface area contributed by atoms with Gasteiger partial charge in [0.15, 0.2) is 5.76 Å². The summed E-state index contributed by atoms with van der Waals surface area (Å²) in [5, 5.41) is 0. The Hall–Kier alpha value is -2.27. The summed E-state index contributed by atoms with van der Waals surface area (Å²) in [4.78, 5) is 14.2. The molecule has 21 heavy (non-hydrogen) atoms. The van der Waals surface area contributed by atoms with Gasteiger partial charge in [-0.25, -0.2) is 0 Å². The van der Waals surface area contributed by atoms with Crippen LogP contribution in [0.1, 0.15) is 16.1 Å². The lowest BCUT2D eigenvalue weighted by atomic mass is 10.2. The summed E-state index contributed by atoms with van der Waals surface area (Å²) in [5.41, 5.74) is 0.563. The molecule has 5 nitrogen and oxygen atoms in total. The van der Waals surface area contributed by atoms with Gasteiger partial charge in [-0.1, -0.05) is 18.2 Å². The number of hydrogen-bond acceptors (Lipinski definition) is 4. The third kappa shape index (κ3) is 3.25. The van der Waals surface area contributed by atoms with Crippen LogP contribution in [0.3, 0.4) is 0 Å². The molecular formula is C16H17NO4.